The van der Waals surface area contributed by atoms with Crippen LogP contribution in [-0.4, -0.2) is 21.7 Å². The van der Waals surface area contributed by atoms with Crippen molar-refractivity contribution in [3.8, 4) is 0 Å². The topological polar surface area (TPSA) is 77.2 Å². The van der Waals surface area contributed by atoms with Gasteiger partial charge in [0, 0.05) is 23.1 Å². The first-order valence-corrected chi connectivity index (χ1v) is 8.14. The first kappa shape index (κ1) is 17.2. The molecule has 6 nitrogen and oxygen atoms in total. The third kappa shape index (κ3) is 5.52. The number of aromatic nitrogens is 2. The van der Waals surface area contributed by atoms with Gasteiger partial charge in [-0.1, -0.05) is 25.2 Å². The van der Waals surface area contributed by atoms with Gasteiger partial charge in [0.15, 0.2) is 5.13 Å². The Bertz CT molecular complexity index is 695. The van der Waals surface area contributed by atoms with Crippen LogP contribution >= 0.6 is 11.3 Å². The lowest BCUT2D eigenvalue weighted by Gasteiger charge is -2.18. The predicted octanol–water partition coefficient (Wildman–Crippen LogP) is 4.77. The maximum atomic E-state index is 11.7. The first-order valence-electron chi connectivity index (χ1n) is 7.32. The minimum atomic E-state index is -0.539. The summed E-state index contributed by atoms with van der Waals surface area (Å²) in [6.07, 6.45) is 6.49. The highest BCUT2D eigenvalue weighted by Crippen LogP contribution is 2.22. The van der Waals surface area contributed by atoms with Gasteiger partial charge >= 0.3 is 6.09 Å². The van der Waals surface area contributed by atoms with Gasteiger partial charge in [0.25, 0.3) is 0 Å². The molecule has 0 aliphatic rings. The Morgan fingerprint density at radius 3 is 2.65 bits per heavy atom. The molecule has 2 rings (SSSR count). The van der Waals surface area contributed by atoms with E-state index in [0.29, 0.717) is 16.9 Å². The number of oxazole rings is 1. The minimum Gasteiger partial charge on any atom is -0.444 e. The fraction of sp³-hybridized carbons (Fsp3) is 0.438. The van der Waals surface area contributed by atoms with E-state index in [2.05, 4.69) is 15.3 Å². The summed E-state index contributed by atoms with van der Waals surface area (Å²) in [6.45, 7) is 9.52. The molecular weight excluding hydrogens is 314 g/mol. The molecule has 0 spiro atoms. The average Bonchev–Trinajstić information content (AvgIpc) is 3.02. The third-order valence-electron chi connectivity index (χ3n) is 2.63. The number of nitrogens with zero attached hydrogens (tertiary/aromatic N) is 2. The summed E-state index contributed by atoms with van der Waals surface area (Å²) in [7, 11) is 0. The Morgan fingerprint density at radius 1 is 1.30 bits per heavy atom. The van der Waals surface area contributed by atoms with Gasteiger partial charge in [-0.05, 0) is 26.8 Å². The second kappa shape index (κ2) is 6.95. The molecule has 0 fully saturated rings. The second-order valence-electron chi connectivity index (χ2n) is 6.28. The molecule has 0 aromatic carbocycles. The van der Waals surface area contributed by atoms with Crippen LogP contribution in [0.5, 0.6) is 0 Å². The highest BCUT2D eigenvalue weighted by atomic mass is 32.1. The van der Waals surface area contributed by atoms with Crippen molar-refractivity contribution in [3.63, 3.8) is 0 Å². The summed E-state index contributed by atoms with van der Waals surface area (Å²) in [6, 6.07) is 0. The van der Waals surface area contributed by atoms with Crippen LogP contribution in [0.4, 0.5) is 9.93 Å². The highest BCUT2D eigenvalue weighted by Gasteiger charge is 2.17. The van der Waals surface area contributed by atoms with Gasteiger partial charge in [-0.3, -0.25) is 5.32 Å². The van der Waals surface area contributed by atoms with E-state index in [1.165, 1.54) is 11.3 Å². The molecule has 23 heavy (non-hydrogen) atoms. The van der Waals surface area contributed by atoms with Crippen LogP contribution in [0.25, 0.3) is 12.2 Å². The predicted molar refractivity (Wildman–Crippen MR) is 91.5 cm³/mol. The van der Waals surface area contributed by atoms with E-state index in [1.54, 1.807) is 18.5 Å². The van der Waals surface area contributed by atoms with Gasteiger partial charge in [-0.25, -0.2) is 14.8 Å². The number of hydrogen-bond donors (Lipinski definition) is 1. The normalized spacial score (nSPS) is 12.1. The molecule has 0 aliphatic carbocycles. The van der Waals surface area contributed by atoms with Crippen LogP contribution in [0, 0.1) is 0 Å². The average molecular weight is 335 g/mol. The van der Waals surface area contributed by atoms with Crippen LogP contribution in [0.15, 0.2) is 16.8 Å². The number of hydrogen-bond acceptors (Lipinski definition) is 6. The molecule has 0 saturated carbocycles. The van der Waals surface area contributed by atoms with Crippen molar-refractivity contribution in [3.05, 3.63) is 28.9 Å². The standard InChI is InChI=1S/C16H21N3O3S/c1-10(2)12-9-17-13(21-12)7-6-11-8-18-14(23-11)19-15(20)22-16(3,4)5/h6-10H,1-5H3,(H,18,19,20)/b7-6+. The van der Waals surface area contributed by atoms with E-state index in [9.17, 15) is 4.79 Å². The number of carbonyl (C=O) groups is 1. The van der Waals surface area contributed by atoms with Crippen molar-refractivity contribution in [2.24, 2.45) is 0 Å². The monoisotopic (exact) mass is 335 g/mol. The summed E-state index contributed by atoms with van der Waals surface area (Å²) in [5, 5.41) is 3.09. The molecule has 7 heteroatoms. The molecule has 0 aliphatic heterocycles. The number of thiazole rings is 1. The zero-order valence-corrected chi connectivity index (χ0v) is 14.7. The number of ether oxygens (including phenoxy) is 1. The summed E-state index contributed by atoms with van der Waals surface area (Å²) >= 11 is 1.34. The van der Waals surface area contributed by atoms with Crippen molar-refractivity contribution < 1.29 is 13.9 Å². The fourth-order valence-corrected chi connectivity index (χ4v) is 2.31. The van der Waals surface area contributed by atoms with Gasteiger partial charge in [0.2, 0.25) is 5.89 Å². The van der Waals surface area contributed by atoms with Gasteiger partial charge in [0.1, 0.15) is 11.4 Å². The Balaban J connectivity index is 1.96. The van der Waals surface area contributed by atoms with Crippen molar-refractivity contribution in [2.75, 3.05) is 5.32 Å². The smallest absolute Gasteiger partial charge is 0.413 e. The molecule has 0 unspecified atom stereocenters. The SMILES string of the molecule is CC(C)c1cnc(/C=C/c2cnc(NC(=O)OC(C)(C)C)s2)o1. The van der Waals surface area contributed by atoms with Gasteiger partial charge < -0.3 is 9.15 Å². The van der Waals surface area contributed by atoms with Crippen LogP contribution in [-0.2, 0) is 4.74 Å². The highest BCUT2D eigenvalue weighted by molar-refractivity contribution is 7.16. The molecule has 1 amide bonds. The second-order valence-corrected chi connectivity index (χ2v) is 7.35. The lowest BCUT2D eigenvalue weighted by molar-refractivity contribution is 0.0636. The van der Waals surface area contributed by atoms with E-state index in [0.717, 1.165) is 10.6 Å². The molecule has 0 bridgehead atoms. The molecule has 2 heterocycles. The first-order chi connectivity index (χ1) is 10.7. The molecule has 0 atom stereocenters. The van der Waals surface area contributed by atoms with Crippen LogP contribution in [0.3, 0.4) is 0 Å². The molecule has 1 N–H and O–H groups in total. The summed E-state index contributed by atoms with van der Waals surface area (Å²) < 4.78 is 10.8. The van der Waals surface area contributed by atoms with Crippen LogP contribution < -0.4 is 5.32 Å². The zero-order chi connectivity index (χ0) is 17.0. The van der Waals surface area contributed by atoms with Crippen molar-refractivity contribution in [1.82, 2.24) is 9.97 Å². The number of carbonyl (C=O) groups excluding carboxylic acids is 1. The summed E-state index contributed by atoms with van der Waals surface area (Å²) in [5.74, 6) is 1.70. The van der Waals surface area contributed by atoms with Gasteiger partial charge in [-0.2, -0.15) is 0 Å². The summed E-state index contributed by atoms with van der Waals surface area (Å²) in [5.41, 5.74) is -0.539. The number of amides is 1. The Morgan fingerprint density at radius 2 is 2.04 bits per heavy atom. The number of nitrogens with one attached hydrogen (secondary N) is 1. The van der Waals surface area contributed by atoms with E-state index in [1.807, 2.05) is 40.7 Å². The van der Waals surface area contributed by atoms with Gasteiger partial charge in [-0.15, -0.1) is 0 Å². The molecule has 2 aromatic heterocycles. The van der Waals surface area contributed by atoms with Crippen LogP contribution in [0.1, 0.15) is 57.1 Å². The molecule has 0 saturated heterocycles. The maximum Gasteiger partial charge on any atom is 0.413 e. The largest absolute Gasteiger partial charge is 0.444 e. The number of anilines is 1. The Hall–Kier alpha value is -2.15. The molecule has 124 valence electrons. The summed E-state index contributed by atoms with van der Waals surface area (Å²) in [4.78, 5) is 20.9. The fourth-order valence-electron chi connectivity index (χ4n) is 1.61. The van der Waals surface area contributed by atoms with Gasteiger partial charge in [0.05, 0.1) is 6.20 Å². The lowest BCUT2D eigenvalue weighted by atomic mass is 10.2. The van der Waals surface area contributed by atoms with Crippen molar-refractivity contribution >= 4 is 34.7 Å². The Labute approximate surface area is 139 Å². The Kier molecular flexibility index (Phi) is 5.20. The van der Waals surface area contributed by atoms with E-state index >= 15 is 0 Å². The van der Waals surface area contributed by atoms with E-state index in [-0.39, 0.29) is 0 Å². The van der Waals surface area contributed by atoms with Crippen molar-refractivity contribution in [2.45, 2.75) is 46.1 Å². The molecular formula is C16H21N3O3S. The zero-order valence-electron chi connectivity index (χ0n) is 13.9. The van der Waals surface area contributed by atoms with Crippen LogP contribution in [0.2, 0.25) is 0 Å². The van der Waals surface area contributed by atoms with Crippen molar-refractivity contribution in [1.29, 1.82) is 0 Å². The quantitative estimate of drug-likeness (QED) is 0.870. The number of rotatable bonds is 4. The molecule has 0 radical (unpaired) electrons. The maximum absolute atomic E-state index is 11.7. The minimum absolute atomic E-state index is 0.303. The van der Waals surface area contributed by atoms with E-state index < -0.39 is 11.7 Å². The lowest BCUT2D eigenvalue weighted by Crippen LogP contribution is -2.27. The van der Waals surface area contributed by atoms with E-state index in [4.69, 9.17) is 9.15 Å². The third-order valence-corrected chi connectivity index (χ3v) is 3.51. The molecule has 2 aromatic rings.